The molecule has 0 heterocycles. The molecule has 0 aliphatic heterocycles. The molecule has 0 saturated carbocycles. The van der Waals surface area contributed by atoms with Gasteiger partial charge in [-0.15, -0.1) is 0 Å². The van der Waals surface area contributed by atoms with Crippen LogP contribution in [-0.2, 0) is 19.1 Å². The number of esters is 2. The van der Waals surface area contributed by atoms with Crippen LogP contribution < -0.4 is 0 Å². The molecule has 298 valence electrons. The molecule has 0 rings (SSSR count). The monoisotopic (exact) mass is 707 g/mol. The number of rotatable bonds is 42. The molecule has 0 aromatic rings. The SMILES string of the molecule is CCCCCCCCCCCCCCCC(=O)OCC(CCCCCCCCCCCC)OC(=O)CCCCCCCCCCCCCCC. The van der Waals surface area contributed by atoms with Crippen LogP contribution in [0.15, 0.2) is 0 Å². The highest BCUT2D eigenvalue weighted by molar-refractivity contribution is 5.70. The van der Waals surface area contributed by atoms with Crippen LogP contribution in [0, 0.1) is 0 Å². The van der Waals surface area contributed by atoms with Gasteiger partial charge < -0.3 is 9.47 Å². The Morgan fingerprint density at radius 1 is 0.340 bits per heavy atom. The maximum absolute atomic E-state index is 12.7. The number of carbonyl (C=O) groups excluding carboxylic acids is 2. The second kappa shape index (κ2) is 42.4. The number of hydrogen-bond donors (Lipinski definition) is 0. The van der Waals surface area contributed by atoms with Gasteiger partial charge in [-0.05, 0) is 25.7 Å². The van der Waals surface area contributed by atoms with Crippen LogP contribution in [0.3, 0.4) is 0 Å². The van der Waals surface area contributed by atoms with Crippen molar-refractivity contribution in [3.05, 3.63) is 0 Å². The summed E-state index contributed by atoms with van der Waals surface area (Å²) in [4.78, 5) is 25.3. The van der Waals surface area contributed by atoms with E-state index < -0.39 is 0 Å². The topological polar surface area (TPSA) is 52.6 Å². The highest BCUT2D eigenvalue weighted by atomic mass is 16.6. The molecule has 0 spiro atoms. The number of unbranched alkanes of at least 4 members (excludes halogenated alkanes) is 33. The molecule has 4 nitrogen and oxygen atoms in total. The third kappa shape index (κ3) is 39.7. The van der Waals surface area contributed by atoms with Gasteiger partial charge in [-0.3, -0.25) is 9.59 Å². The lowest BCUT2D eigenvalue weighted by atomic mass is 10.0. The van der Waals surface area contributed by atoms with E-state index in [2.05, 4.69) is 20.8 Å². The van der Waals surface area contributed by atoms with Crippen LogP contribution in [-0.4, -0.2) is 24.6 Å². The Bertz CT molecular complexity index is 677. The Balaban J connectivity index is 4.14. The number of ether oxygens (including phenoxy) is 2. The Morgan fingerprint density at radius 3 is 0.920 bits per heavy atom. The summed E-state index contributed by atoms with van der Waals surface area (Å²) in [5.74, 6) is -0.244. The van der Waals surface area contributed by atoms with Gasteiger partial charge in [0.15, 0.2) is 0 Å². The van der Waals surface area contributed by atoms with E-state index in [4.69, 9.17) is 9.47 Å². The lowest BCUT2D eigenvalue weighted by Crippen LogP contribution is -2.25. The fourth-order valence-corrected chi connectivity index (χ4v) is 7.11. The molecule has 0 bridgehead atoms. The number of carbonyl (C=O) groups is 2. The van der Waals surface area contributed by atoms with Gasteiger partial charge in [0.1, 0.15) is 12.7 Å². The largest absolute Gasteiger partial charge is 0.462 e. The molecule has 0 fully saturated rings. The third-order valence-electron chi connectivity index (χ3n) is 10.6. The van der Waals surface area contributed by atoms with Gasteiger partial charge in [0, 0.05) is 12.8 Å². The second-order valence-electron chi connectivity index (χ2n) is 15.8. The van der Waals surface area contributed by atoms with E-state index in [0.717, 1.165) is 44.9 Å². The minimum absolute atomic E-state index is 0.113. The fraction of sp³-hybridized carbons (Fsp3) is 0.957. The predicted octanol–water partition coefficient (Wildman–Crippen LogP) is 15.7. The molecule has 0 aromatic heterocycles. The van der Waals surface area contributed by atoms with Gasteiger partial charge in [-0.25, -0.2) is 0 Å². The van der Waals surface area contributed by atoms with Crippen LogP contribution in [0.5, 0.6) is 0 Å². The van der Waals surface area contributed by atoms with Crippen molar-refractivity contribution in [2.75, 3.05) is 6.61 Å². The second-order valence-corrected chi connectivity index (χ2v) is 15.8. The summed E-state index contributed by atoms with van der Waals surface area (Å²) in [6.07, 6.45) is 48.1. The molecule has 0 aliphatic rings. The van der Waals surface area contributed by atoms with E-state index >= 15 is 0 Å². The summed E-state index contributed by atoms with van der Waals surface area (Å²) in [5, 5.41) is 0. The maximum Gasteiger partial charge on any atom is 0.306 e. The van der Waals surface area contributed by atoms with Crippen LogP contribution in [0.4, 0.5) is 0 Å². The lowest BCUT2D eigenvalue weighted by molar-refractivity contribution is -0.159. The standard InChI is InChI=1S/C46H90O4/c1-4-7-10-13-16-19-22-24-26-29-32-35-38-41-45(47)49-43-44(40-37-34-31-28-21-18-15-12-9-6-3)50-46(48)42-39-36-33-30-27-25-23-20-17-14-11-8-5-2/h44H,4-43H2,1-3H3. The molecule has 0 saturated heterocycles. The zero-order valence-corrected chi connectivity index (χ0v) is 34.5. The first-order valence-electron chi connectivity index (χ1n) is 23.0. The minimum atomic E-state index is -0.297. The zero-order chi connectivity index (χ0) is 36.4. The molecule has 0 amide bonds. The molecule has 0 N–H and O–H groups in total. The van der Waals surface area contributed by atoms with Gasteiger partial charge in [0.25, 0.3) is 0 Å². The van der Waals surface area contributed by atoms with Crippen molar-refractivity contribution in [3.63, 3.8) is 0 Å². The molecule has 50 heavy (non-hydrogen) atoms. The summed E-state index contributed by atoms with van der Waals surface area (Å²) in [5.41, 5.74) is 0. The van der Waals surface area contributed by atoms with Crippen molar-refractivity contribution >= 4 is 11.9 Å². The van der Waals surface area contributed by atoms with E-state index in [1.54, 1.807) is 0 Å². The molecule has 0 radical (unpaired) electrons. The molecule has 0 aromatic carbocycles. The molecular weight excluding hydrogens is 617 g/mol. The summed E-state index contributed by atoms with van der Waals surface area (Å²) >= 11 is 0. The van der Waals surface area contributed by atoms with Gasteiger partial charge >= 0.3 is 11.9 Å². The Kier molecular flexibility index (Phi) is 41.5. The van der Waals surface area contributed by atoms with E-state index in [0.29, 0.717) is 12.8 Å². The number of hydrogen-bond acceptors (Lipinski definition) is 4. The van der Waals surface area contributed by atoms with Crippen LogP contribution in [0.2, 0.25) is 0 Å². The van der Waals surface area contributed by atoms with Gasteiger partial charge in [-0.2, -0.15) is 0 Å². The lowest BCUT2D eigenvalue weighted by Gasteiger charge is -2.18. The third-order valence-corrected chi connectivity index (χ3v) is 10.6. The van der Waals surface area contributed by atoms with Crippen molar-refractivity contribution in [3.8, 4) is 0 Å². The molecule has 4 heteroatoms. The molecular formula is C46H90O4. The Labute approximate surface area is 314 Å². The van der Waals surface area contributed by atoms with Gasteiger partial charge in [-0.1, -0.05) is 233 Å². The van der Waals surface area contributed by atoms with E-state index in [1.807, 2.05) is 0 Å². The molecule has 0 aliphatic carbocycles. The summed E-state index contributed by atoms with van der Waals surface area (Å²) < 4.78 is 11.6. The first-order valence-corrected chi connectivity index (χ1v) is 23.0. The van der Waals surface area contributed by atoms with E-state index in [1.165, 1.54) is 193 Å². The summed E-state index contributed by atoms with van der Waals surface area (Å²) in [7, 11) is 0. The quantitative estimate of drug-likeness (QED) is 0.0468. The van der Waals surface area contributed by atoms with Crippen LogP contribution >= 0.6 is 0 Å². The van der Waals surface area contributed by atoms with E-state index in [9.17, 15) is 9.59 Å². The molecule has 1 atom stereocenters. The van der Waals surface area contributed by atoms with E-state index in [-0.39, 0.29) is 24.6 Å². The van der Waals surface area contributed by atoms with Gasteiger partial charge in [0.05, 0.1) is 0 Å². The van der Waals surface area contributed by atoms with Crippen molar-refractivity contribution in [1.29, 1.82) is 0 Å². The Morgan fingerprint density at radius 2 is 0.600 bits per heavy atom. The van der Waals surface area contributed by atoms with Crippen LogP contribution in [0.1, 0.15) is 271 Å². The zero-order valence-electron chi connectivity index (χ0n) is 34.5. The summed E-state index contributed by atoms with van der Waals surface area (Å²) in [6.45, 7) is 7.05. The minimum Gasteiger partial charge on any atom is -0.462 e. The highest BCUT2D eigenvalue weighted by Gasteiger charge is 2.17. The summed E-state index contributed by atoms with van der Waals surface area (Å²) in [6, 6.07) is 0. The van der Waals surface area contributed by atoms with Crippen LogP contribution in [0.25, 0.3) is 0 Å². The predicted molar refractivity (Wildman–Crippen MR) is 218 cm³/mol. The Hall–Kier alpha value is -1.06. The van der Waals surface area contributed by atoms with Crippen molar-refractivity contribution < 1.29 is 19.1 Å². The van der Waals surface area contributed by atoms with Crippen molar-refractivity contribution in [1.82, 2.24) is 0 Å². The van der Waals surface area contributed by atoms with Gasteiger partial charge in [0.2, 0.25) is 0 Å². The first-order chi connectivity index (χ1) is 24.6. The first kappa shape index (κ1) is 48.9. The normalized spacial score (nSPS) is 12.0. The average molecular weight is 707 g/mol. The fourth-order valence-electron chi connectivity index (χ4n) is 7.11. The van der Waals surface area contributed by atoms with Crippen molar-refractivity contribution in [2.45, 2.75) is 277 Å². The van der Waals surface area contributed by atoms with Crippen molar-refractivity contribution in [2.24, 2.45) is 0 Å². The molecule has 1 unspecified atom stereocenters. The average Bonchev–Trinajstić information content (AvgIpc) is 3.11. The highest BCUT2D eigenvalue weighted by Crippen LogP contribution is 2.17. The smallest absolute Gasteiger partial charge is 0.306 e. The maximum atomic E-state index is 12.7.